The third-order valence-electron chi connectivity index (χ3n) is 3.32. The third-order valence-corrected chi connectivity index (χ3v) is 3.32. The summed E-state index contributed by atoms with van der Waals surface area (Å²) >= 11 is 0. The van der Waals surface area contributed by atoms with Crippen molar-refractivity contribution in [1.82, 2.24) is 4.57 Å². The maximum atomic E-state index is 12.1. The fraction of sp³-hybridized carbons (Fsp3) is 0.294. The largest absolute Gasteiger partial charge is 0.494 e. The summed E-state index contributed by atoms with van der Waals surface area (Å²) in [6.07, 6.45) is 1.74. The minimum absolute atomic E-state index is 0.00381. The molecule has 0 radical (unpaired) electrons. The first kappa shape index (κ1) is 15.0. The molecule has 0 N–H and O–H groups in total. The van der Waals surface area contributed by atoms with Gasteiger partial charge in [0.2, 0.25) is 0 Å². The van der Waals surface area contributed by atoms with Crippen LogP contribution in [0.2, 0.25) is 0 Å². The lowest BCUT2D eigenvalue weighted by Crippen LogP contribution is -2.22. The van der Waals surface area contributed by atoms with E-state index in [9.17, 15) is 9.59 Å². The number of benzene rings is 1. The number of nitrogens with zero attached hydrogens (tertiary/aromatic N) is 1. The summed E-state index contributed by atoms with van der Waals surface area (Å²) in [5.41, 5.74) is 2.11. The highest BCUT2D eigenvalue weighted by molar-refractivity contribution is 5.94. The van der Waals surface area contributed by atoms with Gasteiger partial charge in [0.1, 0.15) is 5.75 Å². The number of carbonyl (C=O) groups is 1. The molecule has 2 rings (SSSR count). The monoisotopic (exact) mass is 285 g/mol. The molecule has 1 aromatic carbocycles. The van der Waals surface area contributed by atoms with Crippen molar-refractivity contribution < 1.29 is 9.53 Å². The first-order valence-corrected chi connectivity index (χ1v) is 6.95. The number of hydrogen-bond donors (Lipinski definition) is 0. The van der Waals surface area contributed by atoms with Crippen molar-refractivity contribution in [3.63, 3.8) is 0 Å². The predicted molar refractivity (Wildman–Crippen MR) is 82.2 cm³/mol. The lowest BCUT2D eigenvalue weighted by atomic mass is 10.1. The fourth-order valence-electron chi connectivity index (χ4n) is 2.18. The Balaban J connectivity index is 2.45. The standard InChI is InChI=1S/C17H19NO3/c1-4-21-16-8-7-14(13(3)19)10-15(16)11-18-9-5-6-12(2)17(18)20/h5-10H,4,11H2,1-3H3. The Bertz CT molecular complexity index is 716. The number of Topliss-reactive ketones (excluding diaryl/α,β-unsaturated/α-hetero) is 1. The summed E-state index contributed by atoms with van der Waals surface area (Å²) in [7, 11) is 0. The van der Waals surface area contributed by atoms with Crippen LogP contribution in [0.3, 0.4) is 0 Å². The summed E-state index contributed by atoms with van der Waals surface area (Å²) in [5.74, 6) is 0.701. The molecule has 0 atom stereocenters. The molecule has 0 aliphatic rings. The van der Waals surface area contributed by atoms with E-state index in [1.165, 1.54) is 6.92 Å². The second kappa shape index (κ2) is 6.39. The second-order valence-electron chi connectivity index (χ2n) is 4.94. The summed E-state index contributed by atoms with van der Waals surface area (Å²) in [6, 6.07) is 8.95. The number of aryl methyl sites for hydroxylation is 1. The van der Waals surface area contributed by atoms with Gasteiger partial charge in [0.25, 0.3) is 5.56 Å². The van der Waals surface area contributed by atoms with Gasteiger partial charge < -0.3 is 9.30 Å². The molecule has 21 heavy (non-hydrogen) atoms. The van der Waals surface area contributed by atoms with E-state index in [4.69, 9.17) is 4.74 Å². The van der Waals surface area contributed by atoms with Gasteiger partial charge >= 0.3 is 0 Å². The van der Waals surface area contributed by atoms with Gasteiger partial charge in [-0.15, -0.1) is 0 Å². The SMILES string of the molecule is CCOc1ccc(C(C)=O)cc1Cn1cccc(C)c1=O. The molecule has 2 aromatic rings. The van der Waals surface area contributed by atoms with E-state index in [-0.39, 0.29) is 11.3 Å². The zero-order valence-corrected chi connectivity index (χ0v) is 12.6. The Morgan fingerprint density at radius 2 is 2.05 bits per heavy atom. The number of aromatic nitrogens is 1. The van der Waals surface area contributed by atoms with Crippen LogP contribution in [0.1, 0.15) is 35.3 Å². The summed E-state index contributed by atoms with van der Waals surface area (Å²) in [6.45, 7) is 6.14. The van der Waals surface area contributed by atoms with Crippen molar-refractivity contribution in [2.75, 3.05) is 6.61 Å². The molecule has 110 valence electrons. The van der Waals surface area contributed by atoms with E-state index in [1.807, 2.05) is 13.0 Å². The van der Waals surface area contributed by atoms with Crippen LogP contribution in [0.25, 0.3) is 0 Å². The van der Waals surface area contributed by atoms with Crippen LogP contribution in [-0.4, -0.2) is 17.0 Å². The average molecular weight is 285 g/mol. The third kappa shape index (κ3) is 3.40. The number of ketones is 1. The van der Waals surface area contributed by atoms with E-state index in [1.54, 1.807) is 42.0 Å². The molecule has 0 amide bonds. The first-order chi connectivity index (χ1) is 10.0. The number of hydrogen-bond acceptors (Lipinski definition) is 3. The maximum absolute atomic E-state index is 12.1. The van der Waals surface area contributed by atoms with E-state index in [0.29, 0.717) is 30.0 Å². The van der Waals surface area contributed by atoms with Crippen LogP contribution in [-0.2, 0) is 6.54 Å². The number of rotatable bonds is 5. The molecule has 0 aliphatic carbocycles. The zero-order chi connectivity index (χ0) is 15.4. The Hall–Kier alpha value is -2.36. The van der Waals surface area contributed by atoms with E-state index in [2.05, 4.69) is 0 Å². The predicted octanol–water partition coefficient (Wildman–Crippen LogP) is 2.81. The van der Waals surface area contributed by atoms with Crippen molar-refractivity contribution in [3.8, 4) is 5.75 Å². The highest BCUT2D eigenvalue weighted by atomic mass is 16.5. The molecule has 0 saturated carbocycles. The van der Waals surface area contributed by atoms with Gasteiger partial charge in [0.15, 0.2) is 5.78 Å². The Labute approximate surface area is 124 Å². The van der Waals surface area contributed by atoms with Gasteiger partial charge in [-0.25, -0.2) is 0 Å². The molecule has 0 aliphatic heterocycles. The Kier molecular flexibility index (Phi) is 4.58. The first-order valence-electron chi connectivity index (χ1n) is 6.95. The molecule has 0 bridgehead atoms. The van der Waals surface area contributed by atoms with E-state index >= 15 is 0 Å². The Morgan fingerprint density at radius 1 is 1.29 bits per heavy atom. The molecule has 4 heteroatoms. The average Bonchev–Trinajstić information content (AvgIpc) is 2.45. The Morgan fingerprint density at radius 3 is 2.71 bits per heavy atom. The fourth-order valence-corrected chi connectivity index (χ4v) is 2.18. The van der Waals surface area contributed by atoms with Crippen LogP contribution in [0.15, 0.2) is 41.3 Å². The smallest absolute Gasteiger partial charge is 0.253 e. The maximum Gasteiger partial charge on any atom is 0.253 e. The summed E-state index contributed by atoms with van der Waals surface area (Å²) in [5, 5.41) is 0. The van der Waals surface area contributed by atoms with Crippen LogP contribution in [0, 0.1) is 6.92 Å². The molecular formula is C17H19NO3. The quantitative estimate of drug-likeness (QED) is 0.794. The van der Waals surface area contributed by atoms with Crippen LogP contribution in [0.4, 0.5) is 0 Å². The van der Waals surface area contributed by atoms with Crippen LogP contribution >= 0.6 is 0 Å². The molecule has 0 unspecified atom stereocenters. The van der Waals surface area contributed by atoms with Crippen molar-refractivity contribution in [1.29, 1.82) is 0 Å². The molecule has 1 heterocycles. The van der Waals surface area contributed by atoms with Gasteiger partial charge in [-0.3, -0.25) is 9.59 Å². The highest BCUT2D eigenvalue weighted by Crippen LogP contribution is 2.21. The van der Waals surface area contributed by atoms with Crippen LogP contribution in [0.5, 0.6) is 5.75 Å². The van der Waals surface area contributed by atoms with E-state index in [0.717, 1.165) is 5.56 Å². The summed E-state index contributed by atoms with van der Waals surface area (Å²) < 4.78 is 7.21. The molecule has 0 saturated heterocycles. The van der Waals surface area contributed by atoms with Gasteiger partial charge in [0.05, 0.1) is 13.2 Å². The van der Waals surface area contributed by atoms with Gasteiger partial charge in [-0.05, 0) is 45.0 Å². The number of pyridine rings is 1. The number of carbonyl (C=O) groups excluding carboxylic acids is 1. The molecule has 0 spiro atoms. The van der Waals surface area contributed by atoms with Crippen molar-refractivity contribution in [3.05, 3.63) is 63.6 Å². The van der Waals surface area contributed by atoms with Crippen molar-refractivity contribution >= 4 is 5.78 Å². The zero-order valence-electron chi connectivity index (χ0n) is 12.6. The molecular weight excluding hydrogens is 266 g/mol. The van der Waals surface area contributed by atoms with Gasteiger partial charge in [0, 0.05) is 22.9 Å². The minimum atomic E-state index is -0.0341. The molecule has 4 nitrogen and oxygen atoms in total. The van der Waals surface area contributed by atoms with Crippen molar-refractivity contribution in [2.45, 2.75) is 27.3 Å². The second-order valence-corrected chi connectivity index (χ2v) is 4.94. The normalized spacial score (nSPS) is 10.4. The van der Waals surface area contributed by atoms with Crippen LogP contribution < -0.4 is 10.3 Å². The topological polar surface area (TPSA) is 48.3 Å². The molecule has 0 fully saturated rings. The summed E-state index contributed by atoms with van der Waals surface area (Å²) in [4.78, 5) is 23.6. The lowest BCUT2D eigenvalue weighted by Gasteiger charge is -2.13. The van der Waals surface area contributed by atoms with E-state index < -0.39 is 0 Å². The van der Waals surface area contributed by atoms with Crippen molar-refractivity contribution in [2.24, 2.45) is 0 Å². The molecule has 1 aromatic heterocycles. The minimum Gasteiger partial charge on any atom is -0.494 e. The number of ether oxygens (including phenoxy) is 1. The highest BCUT2D eigenvalue weighted by Gasteiger charge is 2.09. The lowest BCUT2D eigenvalue weighted by molar-refractivity contribution is 0.101. The van der Waals surface area contributed by atoms with Gasteiger partial charge in [-0.2, -0.15) is 0 Å². The van der Waals surface area contributed by atoms with Gasteiger partial charge in [-0.1, -0.05) is 6.07 Å².